The van der Waals surface area contributed by atoms with Crippen LogP contribution in [0.4, 0.5) is 0 Å². The van der Waals surface area contributed by atoms with Crippen molar-refractivity contribution in [2.75, 3.05) is 20.2 Å². The van der Waals surface area contributed by atoms with Crippen LogP contribution >= 0.6 is 0 Å². The van der Waals surface area contributed by atoms with Crippen LogP contribution in [0.2, 0.25) is 0 Å². The maximum atomic E-state index is 11.9. The molecule has 0 radical (unpaired) electrons. The molecule has 1 aliphatic heterocycles. The third-order valence-corrected chi connectivity index (χ3v) is 3.49. The second-order valence-electron chi connectivity index (χ2n) is 4.96. The first-order valence-electron chi connectivity index (χ1n) is 6.58. The molecule has 0 N–H and O–H groups in total. The van der Waals surface area contributed by atoms with Crippen LogP contribution in [-0.2, 0) is 4.79 Å². The second-order valence-corrected chi connectivity index (χ2v) is 4.96. The van der Waals surface area contributed by atoms with E-state index >= 15 is 0 Å². The predicted molar refractivity (Wildman–Crippen MR) is 66.9 cm³/mol. The van der Waals surface area contributed by atoms with Gasteiger partial charge >= 0.3 is 0 Å². The van der Waals surface area contributed by atoms with Gasteiger partial charge in [-0.15, -0.1) is 0 Å². The van der Waals surface area contributed by atoms with Crippen LogP contribution < -0.4 is 9.47 Å². The zero-order chi connectivity index (χ0) is 13.2. The Morgan fingerprint density at radius 2 is 2.00 bits per heavy atom. The van der Waals surface area contributed by atoms with Gasteiger partial charge in [-0.05, 0) is 12.8 Å². The largest absolute Gasteiger partial charge is 0.477 e. The number of carbonyl (C=O) groups excluding carboxylic acids is 1. The van der Waals surface area contributed by atoms with Crippen LogP contribution in [0.25, 0.3) is 0 Å². The zero-order valence-corrected chi connectivity index (χ0v) is 10.9. The van der Waals surface area contributed by atoms with Gasteiger partial charge in [-0.25, -0.2) is 9.97 Å². The zero-order valence-electron chi connectivity index (χ0n) is 10.9. The molecule has 102 valence electrons. The molecule has 1 aromatic heterocycles. The first kappa shape index (κ1) is 12.2. The van der Waals surface area contributed by atoms with Gasteiger partial charge in [0.1, 0.15) is 6.10 Å². The molecule has 0 bridgehead atoms. The van der Waals surface area contributed by atoms with E-state index in [4.69, 9.17) is 9.47 Å². The molecular weight excluding hydrogens is 246 g/mol. The van der Waals surface area contributed by atoms with Gasteiger partial charge in [0.25, 0.3) is 11.8 Å². The molecule has 0 aromatic carbocycles. The summed E-state index contributed by atoms with van der Waals surface area (Å²) in [6.07, 6.45) is 6.02. The number of likely N-dealkylation sites (tertiary alicyclic amines) is 1. The quantitative estimate of drug-likeness (QED) is 0.806. The van der Waals surface area contributed by atoms with Crippen LogP contribution in [-0.4, -0.2) is 47.1 Å². The Morgan fingerprint density at radius 1 is 1.26 bits per heavy atom. The molecule has 1 aromatic rings. The Bertz CT molecular complexity index is 476. The normalized spacial score (nSPS) is 22.4. The average molecular weight is 263 g/mol. The van der Waals surface area contributed by atoms with Crippen LogP contribution in [0.15, 0.2) is 12.4 Å². The summed E-state index contributed by atoms with van der Waals surface area (Å²) in [6.45, 7) is 1.40. The lowest BCUT2D eigenvalue weighted by atomic mass is 10.3. The minimum atomic E-state index is -0.0201. The van der Waals surface area contributed by atoms with E-state index in [1.807, 2.05) is 4.90 Å². The van der Waals surface area contributed by atoms with Crippen molar-refractivity contribution in [3.63, 3.8) is 0 Å². The summed E-state index contributed by atoms with van der Waals surface area (Å²) in [5.74, 6) is 1.33. The summed E-state index contributed by atoms with van der Waals surface area (Å²) < 4.78 is 10.9. The topological polar surface area (TPSA) is 64.6 Å². The van der Waals surface area contributed by atoms with Crippen LogP contribution in [0.5, 0.6) is 11.8 Å². The fraction of sp³-hybridized carbons (Fsp3) is 0.615. The van der Waals surface area contributed by atoms with Gasteiger partial charge < -0.3 is 14.4 Å². The molecule has 2 fully saturated rings. The maximum Gasteiger partial charge on any atom is 0.278 e. The Balaban J connectivity index is 1.60. The molecular formula is C13H17N3O3. The Morgan fingerprint density at radius 3 is 2.68 bits per heavy atom. The third kappa shape index (κ3) is 2.62. The standard InChI is InChI=1S/C13H17N3O3/c1-18-11-12(15-6-5-14-11)19-10-4-7-16(8-10)13(17)9-2-3-9/h5-6,9-10H,2-4,7-8H2,1H3. The highest BCUT2D eigenvalue weighted by Gasteiger charge is 2.37. The van der Waals surface area contributed by atoms with Crippen molar-refractivity contribution in [2.45, 2.75) is 25.4 Å². The fourth-order valence-corrected chi connectivity index (χ4v) is 2.30. The molecule has 1 saturated carbocycles. The van der Waals surface area contributed by atoms with Crippen molar-refractivity contribution in [3.8, 4) is 11.8 Å². The molecule has 1 amide bonds. The van der Waals surface area contributed by atoms with Gasteiger partial charge in [-0.2, -0.15) is 0 Å². The number of aromatic nitrogens is 2. The SMILES string of the molecule is COc1nccnc1OC1CCN(C(=O)C2CC2)C1. The lowest BCUT2D eigenvalue weighted by Crippen LogP contribution is -2.32. The fourth-order valence-electron chi connectivity index (χ4n) is 2.30. The third-order valence-electron chi connectivity index (χ3n) is 3.49. The minimum Gasteiger partial charge on any atom is -0.477 e. The Hall–Kier alpha value is -1.85. The Kier molecular flexibility index (Phi) is 3.23. The highest BCUT2D eigenvalue weighted by atomic mass is 16.5. The molecule has 1 saturated heterocycles. The van der Waals surface area contributed by atoms with Gasteiger partial charge in [0.15, 0.2) is 0 Å². The van der Waals surface area contributed by atoms with E-state index in [1.165, 1.54) is 7.11 Å². The van der Waals surface area contributed by atoms with E-state index in [0.29, 0.717) is 18.3 Å². The number of amides is 1. The monoisotopic (exact) mass is 263 g/mol. The first-order valence-corrected chi connectivity index (χ1v) is 6.58. The average Bonchev–Trinajstić information content (AvgIpc) is 3.19. The summed E-state index contributed by atoms with van der Waals surface area (Å²) in [6, 6.07) is 0. The van der Waals surface area contributed by atoms with Crippen molar-refractivity contribution in [2.24, 2.45) is 5.92 Å². The summed E-state index contributed by atoms with van der Waals surface area (Å²) in [4.78, 5) is 22.0. The molecule has 2 heterocycles. The molecule has 1 aliphatic carbocycles. The molecule has 1 atom stereocenters. The van der Waals surface area contributed by atoms with Crippen molar-refractivity contribution in [3.05, 3.63) is 12.4 Å². The van der Waals surface area contributed by atoms with Gasteiger partial charge in [-0.3, -0.25) is 4.79 Å². The van der Waals surface area contributed by atoms with E-state index in [1.54, 1.807) is 12.4 Å². The smallest absolute Gasteiger partial charge is 0.278 e. The minimum absolute atomic E-state index is 0.0201. The molecule has 2 aliphatic rings. The number of rotatable bonds is 4. The van der Waals surface area contributed by atoms with Gasteiger partial charge in [-0.1, -0.05) is 0 Å². The molecule has 3 rings (SSSR count). The van der Waals surface area contributed by atoms with E-state index in [9.17, 15) is 4.79 Å². The lowest BCUT2D eigenvalue weighted by molar-refractivity contribution is -0.131. The number of hydrogen-bond donors (Lipinski definition) is 0. The number of methoxy groups -OCH3 is 1. The lowest BCUT2D eigenvalue weighted by Gasteiger charge is -2.17. The maximum absolute atomic E-state index is 11.9. The molecule has 6 heteroatoms. The predicted octanol–water partition coefficient (Wildman–Crippen LogP) is 0.875. The van der Waals surface area contributed by atoms with E-state index < -0.39 is 0 Å². The summed E-state index contributed by atoms with van der Waals surface area (Å²) in [7, 11) is 1.54. The van der Waals surface area contributed by atoms with Gasteiger partial charge in [0.2, 0.25) is 5.91 Å². The summed E-state index contributed by atoms with van der Waals surface area (Å²) >= 11 is 0. The number of ether oxygens (including phenoxy) is 2. The van der Waals surface area contributed by atoms with Crippen LogP contribution in [0.3, 0.4) is 0 Å². The molecule has 1 unspecified atom stereocenters. The van der Waals surface area contributed by atoms with Gasteiger partial charge in [0.05, 0.1) is 13.7 Å². The molecule has 0 spiro atoms. The first-order chi connectivity index (χ1) is 9.28. The number of carbonyl (C=O) groups is 1. The van der Waals surface area contributed by atoms with Crippen molar-refractivity contribution in [1.29, 1.82) is 0 Å². The van der Waals surface area contributed by atoms with Crippen molar-refractivity contribution in [1.82, 2.24) is 14.9 Å². The highest BCUT2D eigenvalue weighted by molar-refractivity contribution is 5.81. The number of nitrogens with zero attached hydrogens (tertiary/aromatic N) is 3. The van der Waals surface area contributed by atoms with Crippen molar-refractivity contribution < 1.29 is 14.3 Å². The molecule has 19 heavy (non-hydrogen) atoms. The van der Waals surface area contributed by atoms with Crippen molar-refractivity contribution >= 4 is 5.91 Å². The van der Waals surface area contributed by atoms with E-state index in [2.05, 4.69) is 9.97 Å². The molecule has 6 nitrogen and oxygen atoms in total. The summed E-state index contributed by atoms with van der Waals surface area (Å²) in [5.41, 5.74) is 0. The summed E-state index contributed by atoms with van der Waals surface area (Å²) in [5, 5.41) is 0. The van der Waals surface area contributed by atoms with E-state index in [0.717, 1.165) is 25.8 Å². The van der Waals surface area contributed by atoms with E-state index in [-0.39, 0.29) is 17.9 Å². The van der Waals surface area contributed by atoms with Crippen LogP contribution in [0, 0.1) is 5.92 Å². The van der Waals surface area contributed by atoms with Crippen LogP contribution in [0.1, 0.15) is 19.3 Å². The number of hydrogen-bond acceptors (Lipinski definition) is 5. The van der Waals surface area contributed by atoms with Gasteiger partial charge in [0, 0.05) is 31.3 Å². The highest BCUT2D eigenvalue weighted by Crippen LogP contribution is 2.32. The Labute approximate surface area is 111 Å². The second kappa shape index (κ2) is 5.03.